The molecule has 10 heteroatoms. The van der Waals surface area contributed by atoms with Crippen molar-refractivity contribution in [3.63, 3.8) is 0 Å². The van der Waals surface area contributed by atoms with Gasteiger partial charge in [-0.05, 0) is 19.8 Å². The summed E-state index contributed by atoms with van der Waals surface area (Å²) in [5.41, 5.74) is -1.03. The fraction of sp³-hybridized carbons (Fsp3) is 0.652. The highest BCUT2D eigenvalue weighted by molar-refractivity contribution is 7.88. The van der Waals surface area contributed by atoms with Crippen LogP contribution in [0.25, 0.3) is 0 Å². The number of nitrogens with zero attached hydrogens (tertiary/aromatic N) is 2. The van der Waals surface area contributed by atoms with Gasteiger partial charge in [0.1, 0.15) is 17.0 Å². The van der Waals surface area contributed by atoms with Gasteiger partial charge in [0.2, 0.25) is 21.8 Å². The van der Waals surface area contributed by atoms with Gasteiger partial charge in [-0.25, -0.2) is 8.42 Å². The van der Waals surface area contributed by atoms with Crippen molar-refractivity contribution in [2.45, 2.75) is 63.5 Å². The van der Waals surface area contributed by atoms with E-state index in [1.54, 1.807) is 25.1 Å². The highest BCUT2D eigenvalue weighted by Gasteiger charge is 2.50. The average molecular weight is 482 g/mol. The summed E-state index contributed by atoms with van der Waals surface area (Å²) in [4.78, 5) is 28.4. The molecule has 2 amide bonds. The molecule has 2 aliphatic rings. The quantitative estimate of drug-likeness (QED) is 0.669. The van der Waals surface area contributed by atoms with E-state index in [2.05, 4.69) is 5.32 Å². The number of benzene rings is 1. The maximum Gasteiger partial charge on any atom is 0.247 e. The van der Waals surface area contributed by atoms with E-state index in [-0.39, 0.29) is 25.0 Å². The van der Waals surface area contributed by atoms with Gasteiger partial charge in [0.05, 0.1) is 32.7 Å². The lowest BCUT2D eigenvalue weighted by Gasteiger charge is -2.47. The largest absolute Gasteiger partial charge is 0.497 e. The Morgan fingerprint density at radius 3 is 2.09 bits per heavy atom. The number of piperazine rings is 1. The van der Waals surface area contributed by atoms with Crippen LogP contribution in [0.4, 0.5) is 5.69 Å². The molecule has 1 aromatic carbocycles. The van der Waals surface area contributed by atoms with Crippen molar-refractivity contribution in [2.75, 3.05) is 38.5 Å². The standard InChI is InChI=1S/C23H35N3O6S/c1-23(22(28)24-17-10-8-6-5-7-9-11-17)16-25(33(4,29)30)15-21(27)26(23)18-12-19(31-2)14-20(13-18)32-3/h12-14,17H,5-11,15-16H2,1-4H3,(H,24,28). The number of amides is 2. The molecule has 0 aromatic heterocycles. The van der Waals surface area contributed by atoms with Crippen molar-refractivity contribution in [1.29, 1.82) is 0 Å². The molecular formula is C23H35N3O6S. The second-order valence-corrected chi connectivity index (χ2v) is 11.1. The smallest absolute Gasteiger partial charge is 0.247 e. The zero-order chi connectivity index (χ0) is 24.2. The fourth-order valence-electron chi connectivity index (χ4n) is 4.67. The zero-order valence-electron chi connectivity index (χ0n) is 19.9. The second kappa shape index (κ2) is 10.3. The van der Waals surface area contributed by atoms with Gasteiger partial charge in [0, 0.05) is 30.8 Å². The van der Waals surface area contributed by atoms with Gasteiger partial charge in [-0.15, -0.1) is 0 Å². The highest BCUT2D eigenvalue weighted by atomic mass is 32.2. The van der Waals surface area contributed by atoms with Crippen molar-refractivity contribution in [3.8, 4) is 11.5 Å². The third kappa shape index (κ3) is 5.78. The van der Waals surface area contributed by atoms with E-state index in [0.29, 0.717) is 17.2 Å². The molecule has 3 rings (SSSR count). The molecule has 184 valence electrons. The van der Waals surface area contributed by atoms with Crippen molar-refractivity contribution in [1.82, 2.24) is 9.62 Å². The Labute approximate surface area is 196 Å². The van der Waals surface area contributed by atoms with E-state index < -0.39 is 21.5 Å². The minimum absolute atomic E-state index is 0.0000304. The molecule has 0 spiro atoms. The van der Waals surface area contributed by atoms with Crippen LogP contribution in [0.3, 0.4) is 0 Å². The van der Waals surface area contributed by atoms with Crippen LogP contribution in [0.5, 0.6) is 11.5 Å². The number of carbonyl (C=O) groups is 2. The topological polar surface area (TPSA) is 105 Å². The number of ether oxygens (including phenoxy) is 2. The molecule has 1 aliphatic heterocycles. The van der Waals surface area contributed by atoms with Gasteiger partial charge in [-0.2, -0.15) is 4.31 Å². The zero-order valence-corrected chi connectivity index (χ0v) is 20.7. The molecule has 1 aliphatic carbocycles. The summed E-state index contributed by atoms with van der Waals surface area (Å²) in [6.45, 7) is 1.13. The number of anilines is 1. The van der Waals surface area contributed by atoms with Crippen molar-refractivity contribution in [3.05, 3.63) is 18.2 Å². The van der Waals surface area contributed by atoms with Crippen molar-refractivity contribution < 1.29 is 27.5 Å². The van der Waals surface area contributed by atoms with Crippen LogP contribution < -0.4 is 19.7 Å². The minimum Gasteiger partial charge on any atom is -0.497 e. The van der Waals surface area contributed by atoms with Gasteiger partial charge in [0.15, 0.2) is 0 Å². The molecule has 1 saturated heterocycles. The molecule has 1 aromatic rings. The Kier molecular flexibility index (Phi) is 7.89. The summed E-state index contributed by atoms with van der Waals surface area (Å²) in [5.74, 6) is 0.0739. The lowest BCUT2D eigenvalue weighted by Crippen LogP contribution is -2.70. The number of sulfonamides is 1. The third-order valence-electron chi connectivity index (χ3n) is 6.53. The maximum absolute atomic E-state index is 13.7. The molecule has 1 N–H and O–H groups in total. The summed E-state index contributed by atoms with van der Waals surface area (Å²) >= 11 is 0. The first kappa shape index (κ1) is 25.3. The van der Waals surface area contributed by atoms with E-state index in [4.69, 9.17) is 9.47 Å². The first-order valence-electron chi connectivity index (χ1n) is 11.4. The van der Waals surface area contributed by atoms with Crippen LogP contribution in [0.1, 0.15) is 51.9 Å². The van der Waals surface area contributed by atoms with Crippen LogP contribution >= 0.6 is 0 Å². The first-order valence-corrected chi connectivity index (χ1v) is 13.3. The number of methoxy groups -OCH3 is 2. The van der Waals surface area contributed by atoms with Crippen molar-refractivity contribution >= 4 is 27.5 Å². The number of hydrogen-bond donors (Lipinski definition) is 1. The maximum atomic E-state index is 13.7. The second-order valence-electron chi connectivity index (χ2n) is 9.12. The predicted octanol–water partition coefficient (Wildman–Crippen LogP) is 2.30. The number of rotatable bonds is 6. The van der Waals surface area contributed by atoms with Crippen LogP contribution in [0.2, 0.25) is 0 Å². The highest BCUT2D eigenvalue weighted by Crippen LogP contribution is 2.36. The molecule has 0 bridgehead atoms. The molecule has 9 nitrogen and oxygen atoms in total. The molecule has 1 atom stereocenters. The van der Waals surface area contributed by atoms with Gasteiger partial charge in [-0.1, -0.05) is 32.1 Å². The average Bonchev–Trinajstić information content (AvgIpc) is 2.73. The van der Waals surface area contributed by atoms with E-state index in [0.717, 1.165) is 49.1 Å². The number of hydrogen-bond acceptors (Lipinski definition) is 6. The van der Waals surface area contributed by atoms with Gasteiger partial charge in [-0.3, -0.25) is 14.5 Å². The van der Waals surface area contributed by atoms with Crippen LogP contribution in [-0.4, -0.2) is 69.7 Å². The molecule has 1 heterocycles. The summed E-state index contributed by atoms with van der Waals surface area (Å²) < 4.78 is 36.5. The Morgan fingerprint density at radius 1 is 1.03 bits per heavy atom. The van der Waals surface area contributed by atoms with Gasteiger partial charge >= 0.3 is 0 Å². The summed E-state index contributed by atoms with van der Waals surface area (Å²) in [5, 5.41) is 3.13. The predicted molar refractivity (Wildman–Crippen MR) is 126 cm³/mol. The molecule has 33 heavy (non-hydrogen) atoms. The van der Waals surface area contributed by atoms with Crippen LogP contribution in [-0.2, 0) is 19.6 Å². The molecule has 1 saturated carbocycles. The summed E-state index contributed by atoms with van der Waals surface area (Å²) in [6.07, 6.45) is 8.36. The monoisotopic (exact) mass is 481 g/mol. The van der Waals surface area contributed by atoms with E-state index >= 15 is 0 Å². The Morgan fingerprint density at radius 2 is 1.58 bits per heavy atom. The molecule has 0 radical (unpaired) electrons. The van der Waals surface area contributed by atoms with Gasteiger partial charge < -0.3 is 14.8 Å². The van der Waals surface area contributed by atoms with Gasteiger partial charge in [0.25, 0.3) is 0 Å². The lowest BCUT2D eigenvalue weighted by atomic mass is 9.92. The van der Waals surface area contributed by atoms with Crippen LogP contribution in [0, 0.1) is 0 Å². The third-order valence-corrected chi connectivity index (χ3v) is 7.73. The SMILES string of the molecule is COc1cc(OC)cc(N2C(=O)CN(S(C)(=O)=O)CC2(C)C(=O)NC2CCCCCCC2)c1. The van der Waals surface area contributed by atoms with E-state index in [1.807, 2.05) is 0 Å². The Balaban J connectivity index is 2.00. The van der Waals surface area contributed by atoms with E-state index in [1.165, 1.54) is 25.5 Å². The number of nitrogens with one attached hydrogen (secondary N) is 1. The summed E-state index contributed by atoms with van der Waals surface area (Å²) in [6, 6.07) is 4.97. The Bertz CT molecular complexity index is 952. The molecule has 2 fully saturated rings. The van der Waals surface area contributed by atoms with E-state index in [9.17, 15) is 18.0 Å². The Hall–Kier alpha value is -2.33. The normalized spacial score (nSPS) is 23.5. The molecule has 1 unspecified atom stereocenters. The minimum atomic E-state index is -3.68. The first-order chi connectivity index (χ1) is 15.6. The fourth-order valence-corrected chi connectivity index (χ4v) is 5.50. The lowest BCUT2D eigenvalue weighted by molar-refractivity contribution is -0.133. The number of carbonyl (C=O) groups excluding carboxylic acids is 2. The van der Waals surface area contributed by atoms with Crippen LogP contribution in [0.15, 0.2) is 18.2 Å². The summed E-state index contributed by atoms with van der Waals surface area (Å²) in [7, 11) is -0.677. The molecular weight excluding hydrogens is 446 g/mol. The van der Waals surface area contributed by atoms with Crippen molar-refractivity contribution in [2.24, 2.45) is 0 Å².